The molecule has 1 amide bonds. The number of carbonyl (C=O) groups is 1. The smallest absolute Gasteiger partial charge is 0.407 e. The third kappa shape index (κ3) is 7.38. The molecule has 6 heteroatoms. The Bertz CT molecular complexity index is 573. The average molecular weight is 433 g/mol. The van der Waals surface area contributed by atoms with Gasteiger partial charge in [-0.15, -0.1) is 0 Å². The predicted octanol–water partition coefficient (Wildman–Crippen LogP) is 4.25. The molecule has 1 rings (SSSR count). The highest BCUT2D eigenvalue weighted by atomic mass is 127. The molecule has 0 bridgehead atoms. The van der Waals surface area contributed by atoms with E-state index < -0.39 is 11.7 Å². The third-order valence-electron chi connectivity index (χ3n) is 2.56. The normalized spacial score (nSPS) is 10.6. The molecule has 0 unspecified atom stereocenters. The first-order valence-electron chi connectivity index (χ1n) is 6.72. The van der Waals surface area contributed by atoms with Crippen LogP contribution in [-0.2, 0) is 22.6 Å². The Morgan fingerprint density at radius 1 is 1.36 bits per heavy atom. The van der Waals surface area contributed by atoms with Gasteiger partial charge in [0.1, 0.15) is 5.60 Å². The summed E-state index contributed by atoms with van der Waals surface area (Å²) in [4.78, 5) is 11.7. The van der Waals surface area contributed by atoms with E-state index in [1.807, 2.05) is 39.0 Å². The summed E-state index contributed by atoms with van der Waals surface area (Å²) in [6.45, 7) is 6.37. The Hall–Kier alpha value is -0.910. The van der Waals surface area contributed by atoms with Gasteiger partial charge in [0, 0.05) is 40.4 Å². The lowest BCUT2D eigenvalue weighted by molar-refractivity contribution is 0.0523. The second-order valence-corrected chi connectivity index (χ2v) is 7.26. The van der Waals surface area contributed by atoms with Crippen molar-refractivity contribution in [2.75, 3.05) is 7.11 Å². The van der Waals surface area contributed by atoms with Crippen LogP contribution in [0.1, 0.15) is 37.5 Å². The zero-order valence-corrected chi connectivity index (χ0v) is 16.1. The van der Waals surface area contributed by atoms with Crippen molar-refractivity contribution in [3.8, 4) is 11.2 Å². The molecule has 0 radical (unpaired) electrons. The minimum atomic E-state index is -0.504. The van der Waals surface area contributed by atoms with E-state index in [4.69, 9.17) is 9.47 Å². The van der Waals surface area contributed by atoms with E-state index in [2.05, 4.69) is 37.7 Å². The van der Waals surface area contributed by atoms with Gasteiger partial charge in [-0.2, -0.15) is 0 Å². The number of hydrogen-bond donors (Lipinski definition) is 1. The molecule has 1 N–H and O–H groups in total. The number of hydrogen-bond acceptors (Lipinski definition) is 4. The zero-order chi connectivity index (χ0) is 16.6. The van der Waals surface area contributed by atoms with Crippen LogP contribution < -0.4 is 5.32 Å². The van der Waals surface area contributed by atoms with E-state index in [-0.39, 0.29) is 0 Å². The summed E-state index contributed by atoms with van der Waals surface area (Å²) in [5, 5.41) is 5.71. The topological polar surface area (TPSA) is 47.6 Å². The van der Waals surface area contributed by atoms with Crippen LogP contribution in [0.2, 0.25) is 0 Å². The van der Waals surface area contributed by atoms with E-state index >= 15 is 0 Å². The summed E-state index contributed by atoms with van der Waals surface area (Å²) in [5.74, 6) is 3.05. The first-order valence-corrected chi connectivity index (χ1v) is 10.1. The molecule has 0 aliphatic rings. The number of methoxy groups -OCH3 is 1. The van der Waals surface area contributed by atoms with Gasteiger partial charge in [0.25, 0.3) is 0 Å². The fraction of sp³-hybridized carbons (Fsp3) is 0.438. The van der Waals surface area contributed by atoms with Gasteiger partial charge in [0.2, 0.25) is 0 Å². The summed E-state index contributed by atoms with van der Waals surface area (Å²) < 4.78 is 10.4. The maximum atomic E-state index is 11.7. The van der Waals surface area contributed by atoms with E-state index in [1.165, 1.54) is 8.93 Å². The Labute approximate surface area is 148 Å². The van der Waals surface area contributed by atoms with E-state index in [9.17, 15) is 4.79 Å². The number of ether oxygens (including phenoxy) is 2. The number of carbonyl (C=O) groups excluding carboxylic acids is 1. The van der Waals surface area contributed by atoms with E-state index in [0.29, 0.717) is 13.2 Å². The van der Waals surface area contributed by atoms with Crippen LogP contribution in [0.3, 0.4) is 0 Å². The largest absolute Gasteiger partial charge is 0.444 e. The average Bonchev–Trinajstić information content (AvgIpc) is 2.42. The monoisotopic (exact) mass is 433 g/mol. The zero-order valence-electron chi connectivity index (χ0n) is 13.2. The molecule has 0 saturated carbocycles. The molecule has 0 aliphatic carbocycles. The van der Waals surface area contributed by atoms with Gasteiger partial charge >= 0.3 is 6.09 Å². The molecule has 0 heterocycles. The predicted molar refractivity (Wildman–Crippen MR) is 98.7 cm³/mol. The number of amides is 1. The first-order chi connectivity index (χ1) is 10.4. The van der Waals surface area contributed by atoms with Crippen LogP contribution in [0.25, 0.3) is 0 Å². The Morgan fingerprint density at radius 3 is 2.68 bits per heavy atom. The summed E-state index contributed by atoms with van der Waals surface area (Å²) in [5.41, 5.74) is 2.41. The van der Waals surface area contributed by atoms with Crippen molar-refractivity contribution >= 4 is 36.2 Å². The van der Waals surface area contributed by atoms with Crippen LogP contribution in [0.15, 0.2) is 18.2 Å². The van der Waals surface area contributed by atoms with Crippen LogP contribution in [0, 0.1) is 11.2 Å². The highest BCUT2D eigenvalue weighted by molar-refractivity contribution is 14.2. The lowest BCUT2D eigenvalue weighted by Crippen LogP contribution is -2.32. The SMILES string of the molecule is COCc1cc(C#CSI)ccc1CNC(=O)OC(C)(C)C. The Morgan fingerprint density at radius 2 is 2.09 bits per heavy atom. The summed E-state index contributed by atoms with van der Waals surface area (Å²) in [7, 11) is 3.09. The molecule has 1 aromatic carbocycles. The van der Waals surface area contributed by atoms with Crippen molar-refractivity contribution in [1.82, 2.24) is 5.32 Å². The lowest BCUT2D eigenvalue weighted by atomic mass is 10.0. The second-order valence-electron chi connectivity index (χ2n) is 5.58. The van der Waals surface area contributed by atoms with Gasteiger partial charge in [-0.3, -0.25) is 0 Å². The number of rotatable bonds is 4. The van der Waals surface area contributed by atoms with Gasteiger partial charge in [0.15, 0.2) is 0 Å². The number of benzene rings is 1. The number of nitrogens with one attached hydrogen (secondary N) is 1. The van der Waals surface area contributed by atoms with Crippen LogP contribution in [-0.4, -0.2) is 18.8 Å². The first kappa shape index (κ1) is 19.1. The fourth-order valence-electron chi connectivity index (χ4n) is 1.73. The number of halogens is 1. The van der Waals surface area contributed by atoms with Crippen molar-refractivity contribution in [2.45, 2.75) is 39.5 Å². The molecule has 120 valence electrons. The number of alkyl carbamates (subject to hydrolysis) is 1. The van der Waals surface area contributed by atoms with Crippen molar-refractivity contribution in [3.05, 3.63) is 34.9 Å². The molecule has 0 aliphatic heterocycles. The molecular weight excluding hydrogens is 413 g/mol. The maximum Gasteiger partial charge on any atom is 0.407 e. The minimum Gasteiger partial charge on any atom is -0.444 e. The van der Waals surface area contributed by atoms with Gasteiger partial charge in [-0.1, -0.05) is 12.0 Å². The van der Waals surface area contributed by atoms with Gasteiger partial charge in [0.05, 0.1) is 6.61 Å². The van der Waals surface area contributed by atoms with Crippen molar-refractivity contribution in [3.63, 3.8) is 0 Å². The fourth-order valence-corrected chi connectivity index (χ4v) is 2.21. The molecule has 0 fully saturated rings. The molecular formula is C16H20INO3S. The van der Waals surface area contributed by atoms with Crippen LogP contribution >= 0.6 is 30.1 Å². The molecule has 0 saturated heterocycles. The summed E-state index contributed by atoms with van der Waals surface area (Å²) >= 11 is 2.13. The quantitative estimate of drug-likeness (QED) is 0.570. The van der Waals surface area contributed by atoms with Gasteiger partial charge < -0.3 is 14.8 Å². The summed E-state index contributed by atoms with van der Waals surface area (Å²) in [6.07, 6.45) is -0.430. The van der Waals surface area contributed by atoms with E-state index in [1.54, 1.807) is 7.11 Å². The minimum absolute atomic E-state index is 0.391. The second kappa shape index (κ2) is 9.28. The van der Waals surface area contributed by atoms with Gasteiger partial charge in [-0.25, -0.2) is 4.79 Å². The lowest BCUT2D eigenvalue weighted by Gasteiger charge is -2.20. The summed E-state index contributed by atoms with van der Waals surface area (Å²) in [6, 6.07) is 5.87. The molecule has 0 aromatic heterocycles. The maximum absolute atomic E-state index is 11.7. The molecule has 1 aromatic rings. The van der Waals surface area contributed by atoms with Crippen molar-refractivity contribution in [2.24, 2.45) is 0 Å². The van der Waals surface area contributed by atoms with Gasteiger partial charge in [-0.05, 0) is 58.2 Å². The molecule has 0 spiro atoms. The highest BCUT2D eigenvalue weighted by Gasteiger charge is 2.16. The highest BCUT2D eigenvalue weighted by Crippen LogP contribution is 2.15. The Balaban J connectivity index is 2.79. The standard InChI is InChI=1S/C16H20INO3S/c1-16(2,3)21-15(19)18-10-13-6-5-12(7-8-22-17)9-14(13)11-20-4/h5-6,9H,10-11H2,1-4H3,(H,18,19). The van der Waals surface area contributed by atoms with E-state index in [0.717, 1.165) is 16.7 Å². The molecule has 22 heavy (non-hydrogen) atoms. The van der Waals surface area contributed by atoms with Crippen LogP contribution in [0.4, 0.5) is 4.79 Å². The third-order valence-corrected chi connectivity index (χ3v) is 3.40. The van der Waals surface area contributed by atoms with Crippen molar-refractivity contribution < 1.29 is 14.3 Å². The van der Waals surface area contributed by atoms with Crippen LogP contribution in [0.5, 0.6) is 0 Å². The van der Waals surface area contributed by atoms with Crippen molar-refractivity contribution in [1.29, 1.82) is 0 Å². The Kier molecular flexibility index (Phi) is 8.07. The molecule has 0 atom stereocenters. The molecule has 4 nitrogen and oxygen atoms in total.